The first-order valence-corrected chi connectivity index (χ1v) is 10.3. The molecule has 0 saturated heterocycles. The highest BCUT2D eigenvalue weighted by atomic mass is 14.8. The number of aromatic nitrogens is 2. The Morgan fingerprint density at radius 2 is 1.41 bits per heavy atom. The summed E-state index contributed by atoms with van der Waals surface area (Å²) in [5.74, 6) is 0.559. The van der Waals surface area contributed by atoms with Crippen molar-refractivity contribution in [1.82, 2.24) is 9.97 Å². The number of hydrogen-bond acceptors (Lipinski definition) is 2. The lowest BCUT2D eigenvalue weighted by molar-refractivity contribution is 0.740. The molecule has 1 aliphatic rings. The van der Waals surface area contributed by atoms with Gasteiger partial charge in [-0.3, -0.25) is 9.97 Å². The second-order valence-electron chi connectivity index (χ2n) is 8.08. The van der Waals surface area contributed by atoms with Crippen molar-refractivity contribution in [2.45, 2.75) is 27.2 Å². The lowest BCUT2D eigenvalue weighted by Crippen LogP contribution is -1.99. The van der Waals surface area contributed by atoms with Crippen LogP contribution in [0.5, 0.6) is 0 Å². The molecule has 4 aromatic rings. The Hall–Kier alpha value is -3.26. The Labute approximate surface area is 171 Å². The molecule has 2 heterocycles. The number of fused-ring (bicyclic) bond motifs is 3. The van der Waals surface area contributed by atoms with Gasteiger partial charge in [-0.2, -0.15) is 0 Å². The molecular weight excluding hydrogens is 352 g/mol. The van der Waals surface area contributed by atoms with Gasteiger partial charge in [-0.25, -0.2) is 0 Å². The van der Waals surface area contributed by atoms with Gasteiger partial charge in [0.25, 0.3) is 0 Å². The van der Waals surface area contributed by atoms with Crippen LogP contribution in [0.4, 0.5) is 0 Å². The highest BCUT2D eigenvalue weighted by Crippen LogP contribution is 2.36. The van der Waals surface area contributed by atoms with Crippen LogP contribution in [0.25, 0.3) is 38.5 Å². The minimum absolute atomic E-state index is 0.559. The third-order valence-electron chi connectivity index (χ3n) is 5.68. The van der Waals surface area contributed by atoms with E-state index >= 15 is 0 Å². The zero-order valence-corrected chi connectivity index (χ0v) is 17.1. The van der Waals surface area contributed by atoms with Gasteiger partial charge in [0.05, 0.1) is 11.0 Å². The number of hydrogen-bond donors (Lipinski definition) is 0. The van der Waals surface area contributed by atoms with Crippen molar-refractivity contribution in [2.75, 3.05) is 0 Å². The lowest BCUT2D eigenvalue weighted by Gasteiger charge is -2.16. The van der Waals surface area contributed by atoms with Crippen molar-refractivity contribution < 1.29 is 0 Å². The SMILES string of the molecule is Cc1cc(C2=CC(C)CC=C2)c2ccc3c(-c4ccccc4)cc(C)nc3c2n1. The van der Waals surface area contributed by atoms with Crippen molar-refractivity contribution in [3.8, 4) is 11.1 Å². The van der Waals surface area contributed by atoms with E-state index in [1.165, 1.54) is 27.6 Å². The maximum absolute atomic E-state index is 4.94. The van der Waals surface area contributed by atoms with Crippen LogP contribution in [0.1, 0.15) is 30.3 Å². The van der Waals surface area contributed by atoms with E-state index in [4.69, 9.17) is 9.97 Å². The fraction of sp³-hybridized carbons (Fsp3) is 0.185. The van der Waals surface area contributed by atoms with Crippen molar-refractivity contribution in [1.29, 1.82) is 0 Å². The summed E-state index contributed by atoms with van der Waals surface area (Å²) in [5, 5.41) is 2.32. The monoisotopic (exact) mass is 376 g/mol. The third-order valence-corrected chi connectivity index (χ3v) is 5.68. The van der Waals surface area contributed by atoms with Crippen LogP contribution >= 0.6 is 0 Å². The summed E-state index contributed by atoms with van der Waals surface area (Å²) in [6, 6.07) is 19.4. The molecule has 1 aliphatic carbocycles. The Balaban J connectivity index is 1.84. The van der Waals surface area contributed by atoms with Crippen LogP contribution in [-0.4, -0.2) is 9.97 Å². The molecule has 29 heavy (non-hydrogen) atoms. The summed E-state index contributed by atoms with van der Waals surface area (Å²) in [6.07, 6.45) is 8.00. The van der Waals surface area contributed by atoms with Crippen LogP contribution in [0, 0.1) is 19.8 Å². The molecule has 1 unspecified atom stereocenters. The maximum Gasteiger partial charge on any atom is 0.0974 e. The quantitative estimate of drug-likeness (QED) is 0.350. The fourth-order valence-electron chi connectivity index (χ4n) is 4.35. The molecular formula is C27H24N2. The molecule has 0 aliphatic heterocycles. The van der Waals surface area contributed by atoms with Gasteiger partial charge >= 0.3 is 0 Å². The molecule has 5 rings (SSSR count). The molecule has 0 bridgehead atoms. The molecule has 0 radical (unpaired) electrons. The summed E-state index contributed by atoms with van der Waals surface area (Å²) < 4.78 is 0. The van der Waals surface area contributed by atoms with E-state index in [2.05, 4.69) is 93.6 Å². The topological polar surface area (TPSA) is 25.8 Å². The van der Waals surface area contributed by atoms with Crippen LogP contribution < -0.4 is 0 Å². The van der Waals surface area contributed by atoms with Gasteiger partial charge in [0.2, 0.25) is 0 Å². The maximum atomic E-state index is 4.94. The van der Waals surface area contributed by atoms with Crippen molar-refractivity contribution in [2.24, 2.45) is 5.92 Å². The second kappa shape index (κ2) is 6.97. The van der Waals surface area contributed by atoms with E-state index in [1.54, 1.807) is 0 Å². The summed E-state index contributed by atoms with van der Waals surface area (Å²) in [4.78, 5) is 9.87. The number of pyridine rings is 2. The Morgan fingerprint density at radius 1 is 0.793 bits per heavy atom. The predicted molar refractivity (Wildman–Crippen MR) is 123 cm³/mol. The van der Waals surface area contributed by atoms with E-state index in [0.29, 0.717) is 5.92 Å². The first kappa shape index (κ1) is 17.8. The van der Waals surface area contributed by atoms with Crippen LogP contribution in [0.3, 0.4) is 0 Å². The molecule has 0 fully saturated rings. The molecule has 2 heteroatoms. The largest absolute Gasteiger partial charge is 0.251 e. The molecule has 142 valence electrons. The molecule has 0 saturated carbocycles. The molecule has 1 atom stereocenters. The average molecular weight is 377 g/mol. The van der Waals surface area contributed by atoms with E-state index in [9.17, 15) is 0 Å². The standard InChI is InChI=1S/C27H24N2/c1-17-8-7-11-21(14-17)25-16-19(3)29-27-23(25)13-12-22-24(15-18(2)28-26(22)27)20-9-5-4-6-10-20/h4-7,9-17H,8H2,1-3H3. The normalized spacial score (nSPS) is 16.4. The lowest BCUT2D eigenvalue weighted by atomic mass is 9.90. The highest BCUT2D eigenvalue weighted by Gasteiger charge is 2.15. The first-order chi connectivity index (χ1) is 14.1. The molecule has 2 aromatic carbocycles. The van der Waals surface area contributed by atoms with Gasteiger partial charge in [0, 0.05) is 22.2 Å². The Kier molecular flexibility index (Phi) is 4.28. The Bertz CT molecular complexity index is 1300. The van der Waals surface area contributed by atoms with Gasteiger partial charge in [0.15, 0.2) is 0 Å². The minimum atomic E-state index is 0.559. The fourth-order valence-corrected chi connectivity index (χ4v) is 4.35. The number of rotatable bonds is 2. The number of allylic oxidation sites excluding steroid dienone is 4. The summed E-state index contributed by atoms with van der Waals surface area (Å²) >= 11 is 0. The van der Waals surface area contributed by atoms with Crippen molar-refractivity contribution in [3.63, 3.8) is 0 Å². The first-order valence-electron chi connectivity index (χ1n) is 10.3. The molecule has 2 aromatic heterocycles. The van der Waals surface area contributed by atoms with Gasteiger partial charge in [-0.05, 0) is 60.6 Å². The molecule has 0 spiro atoms. The van der Waals surface area contributed by atoms with Gasteiger partial charge in [0.1, 0.15) is 0 Å². The zero-order chi connectivity index (χ0) is 20.0. The van der Waals surface area contributed by atoms with Gasteiger partial charge < -0.3 is 0 Å². The Morgan fingerprint density at radius 3 is 2.07 bits per heavy atom. The van der Waals surface area contributed by atoms with Crippen LogP contribution in [0.15, 0.2) is 72.8 Å². The third kappa shape index (κ3) is 3.15. The van der Waals surface area contributed by atoms with Gasteiger partial charge in [-0.1, -0.05) is 67.6 Å². The minimum Gasteiger partial charge on any atom is -0.251 e. The van der Waals surface area contributed by atoms with Crippen molar-refractivity contribution >= 4 is 27.4 Å². The van der Waals surface area contributed by atoms with E-state index < -0.39 is 0 Å². The number of nitrogens with zero attached hydrogens (tertiary/aromatic N) is 2. The number of benzene rings is 2. The van der Waals surface area contributed by atoms with E-state index in [1.807, 2.05) is 0 Å². The second-order valence-corrected chi connectivity index (χ2v) is 8.08. The number of aryl methyl sites for hydroxylation is 2. The van der Waals surface area contributed by atoms with Gasteiger partial charge in [-0.15, -0.1) is 0 Å². The van der Waals surface area contributed by atoms with Crippen LogP contribution in [0.2, 0.25) is 0 Å². The zero-order valence-electron chi connectivity index (χ0n) is 17.1. The van der Waals surface area contributed by atoms with Crippen LogP contribution in [-0.2, 0) is 0 Å². The molecule has 0 amide bonds. The highest BCUT2D eigenvalue weighted by molar-refractivity contribution is 6.11. The summed E-state index contributed by atoms with van der Waals surface area (Å²) in [6.45, 7) is 6.41. The predicted octanol–water partition coefficient (Wildman–Crippen LogP) is 7.05. The molecule has 2 nitrogen and oxygen atoms in total. The van der Waals surface area contributed by atoms with E-state index in [0.717, 1.165) is 34.2 Å². The summed E-state index contributed by atoms with van der Waals surface area (Å²) in [7, 11) is 0. The smallest absolute Gasteiger partial charge is 0.0974 e. The summed E-state index contributed by atoms with van der Waals surface area (Å²) in [5.41, 5.74) is 8.98. The van der Waals surface area contributed by atoms with E-state index in [-0.39, 0.29) is 0 Å². The average Bonchev–Trinajstić information content (AvgIpc) is 2.73. The van der Waals surface area contributed by atoms with Crippen molar-refractivity contribution in [3.05, 3.63) is 89.8 Å². The molecule has 0 N–H and O–H groups in total.